The van der Waals surface area contributed by atoms with E-state index in [1.165, 1.54) is 5.30 Å². The van der Waals surface area contributed by atoms with Gasteiger partial charge in [-0.05, 0) is 25.4 Å². The zero-order valence-electron chi connectivity index (χ0n) is 7.73. The Bertz CT molecular complexity index is 281. The van der Waals surface area contributed by atoms with Gasteiger partial charge in [0.1, 0.15) is 5.75 Å². The molecule has 0 aliphatic heterocycles. The molecule has 1 aromatic carbocycles. The average molecular weight is 192 g/mol. The number of benzene rings is 1. The van der Waals surface area contributed by atoms with E-state index >= 15 is 0 Å². The van der Waals surface area contributed by atoms with E-state index in [0.29, 0.717) is 0 Å². The Balaban J connectivity index is 2.90. The van der Waals surface area contributed by atoms with E-state index in [-0.39, 0.29) is 0 Å². The Hall–Kier alpha value is -1.07. The lowest BCUT2D eigenvalue weighted by molar-refractivity contribution is 0.415. The minimum absolute atomic E-state index is 0.397. The van der Waals surface area contributed by atoms with Gasteiger partial charge in [0, 0.05) is 0 Å². The van der Waals surface area contributed by atoms with E-state index in [1.54, 1.807) is 7.11 Å². The molecule has 0 aromatic heterocycles. The molecule has 0 spiro atoms. The predicted octanol–water partition coefficient (Wildman–Crippen LogP) is 3.09. The first-order valence-corrected chi connectivity index (χ1v) is 5.47. The summed E-state index contributed by atoms with van der Waals surface area (Å²) >= 11 is 0. The van der Waals surface area contributed by atoms with Gasteiger partial charge < -0.3 is 4.74 Å². The van der Waals surface area contributed by atoms with Crippen molar-refractivity contribution in [2.75, 3.05) is 7.11 Å². The molecule has 0 radical (unpaired) electrons. The average Bonchev–Trinajstić information content (AvgIpc) is 2.21. The number of ether oxygens (including phenoxy) is 1. The summed E-state index contributed by atoms with van der Waals surface area (Å²) in [6.45, 7) is 7.55. The fraction of sp³-hybridized carbons (Fsp3) is 0.0909. The molecule has 0 heterocycles. The maximum absolute atomic E-state index is 5.07. The van der Waals surface area contributed by atoms with Gasteiger partial charge in [-0.1, -0.05) is 36.9 Å². The summed E-state index contributed by atoms with van der Waals surface area (Å²) in [4.78, 5) is 0. The van der Waals surface area contributed by atoms with Crippen LogP contribution in [0, 0.1) is 0 Å². The first-order valence-electron chi connectivity index (χ1n) is 3.99. The quantitative estimate of drug-likeness (QED) is 0.666. The highest BCUT2D eigenvalue weighted by molar-refractivity contribution is 7.71. The molecule has 1 aromatic rings. The van der Waals surface area contributed by atoms with Crippen LogP contribution in [0.4, 0.5) is 0 Å². The maximum Gasteiger partial charge on any atom is 0.118 e. The summed E-state index contributed by atoms with van der Waals surface area (Å²) in [5, 5.41) is 1.25. The van der Waals surface area contributed by atoms with Crippen molar-refractivity contribution in [3.05, 3.63) is 49.1 Å². The Morgan fingerprint density at radius 3 is 2.08 bits per heavy atom. The monoisotopic (exact) mass is 192 g/mol. The summed E-state index contributed by atoms with van der Waals surface area (Å²) < 4.78 is 5.07. The van der Waals surface area contributed by atoms with Gasteiger partial charge in [0.2, 0.25) is 0 Å². The van der Waals surface area contributed by atoms with Crippen molar-refractivity contribution in [2.45, 2.75) is 0 Å². The largest absolute Gasteiger partial charge is 0.497 e. The Morgan fingerprint density at radius 2 is 1.69 bits per heavy atom. The van der Waals surface area contributed by atoms with E-state index in [4.69, 9.17) is 4.74 Å². The lowest BCUT2D eigenvalue weighted by Gasteiger charge is -2.08. The SMILES string of the molecule is C=CP(C=C)c1ccc(OC)cc1. The Kier molecular flexibility index (Phi) is 3.72. The summed E-state index contributed by atoms with van der Waals surface area (Å²) in [6, 6.07) is 8.01. The molecule has 0 amide bonds. The van der Waals surface area contributed by atoms with Crippen LogP contribution < -0.4 is 10.0 Å². The normalized spacial score (nSPS) is 9.69. The molecule has 0 unspecified atom stereocenters. The third-order valence-electron chi connectivity index (χ3n) is 1.76. The zero-order chi connectivity index (χ0) is 9.68. The van der Waals surface area contributed by atoms with Crippen molar-refractivity contribution in [1.29, 1.82) is 0 Å². The van der Waals surface area contributed by atoms with E-state index in [0.717, 1.165) is 5.75 Å². The van der Waals surface area contributed by atoms with Crippen LogP contribution in [0.3, 0.4) is 0 Å². The highest BCUT2D eigenvalue weighted by Gasteiger charge is 2.01. The molecule has 0 fully saturated rings. The smallest absolute Gasteiger partial charge is 0.118 e. The van der Waals surface area contributed by atoms with E-state index in [2.05, 4.69) is 13.2 Å². The molecular formula is C11H13OP. The third-order valence-corrected chi connectivity index (χ3v) is 3.45. The van der Waals surface area contributed by atoms with Crippen molar-refractivity contribution in [3.63, 3.8) is 0 Å². The topological polar surface area (TPSA) is 9.23 Å². The van der Waals surface area contributed by atoms with Crippen LogP contribution in [0.1, 0.15) is 0 Å². The van der Waals surface area contributed by atoms with Gasteiger partial charge >= 0.3 is 0 Å². The summed E-state index contributed by atoms with van der Waals surface area (Å²) in [5.74, 6) is 4.75. The second-order valence-corrected chi connectivity index (χ2v) is 4.53. The van der Waals surface area contributed by atoms with Crippen molar-refractivity contribution in [3.8, 4) is 5.75 Å². The molecule has 1 rings (SSSR count). The lowest BCUT2D eigenvalue weighted by atomic mass is 10.3. The molecule has 13 heavy (non-hydrogen) atoms. The third kappa shape index (κ3) is 2.43. The van der Waals surface area contributed by atoms with Crippen LogP contribution >= 0.6 is 7.92 Å². The molecule has 2 heteroatoms. The van der Waals surface area contributed by atoms with Crippen LogP contribution in [0.5, 0.6) is 5.75 Å². The number of rotatable bonds is 4. The van der Waals surface area contributed by atoms with Gasteiger partial charge in [-0.2, -0.15) is 0 Å². The predicted molar refractivity (Wildman–Crippen MR) is 59.9 cm³/mol. The highest BCUT2D eigenvalue weighted by atomic mass is 31.1. The molecule has 1 nitrogen and oxygen atoms in total. The van der Waals surface area contributed by atoms with E-state index in [1.807, 2.05) is 35.9 Å². The van der Waals surface area contributed by atoms with Gasteiger partial charge in [-0.25, -0.2) is 0 Å². The first kappa shape index (κ1) is 10.0. The zero-order valence-corrected chi connectivity index (χ0v) is 8.63. The molecular weight excluding hydrogens is 179 g/mol. The van der Waals surface area contributed by atoms with Crippen molar-refractivity contribution >= 4 is 13.2 Å². The highest BCUT2D eigenvalue weighted by Crippen LogP contribution is 2.36. The number of hydrogen-bond acceptors (Lipinski definition) is 1. The van der Waals surface area contributed by atoms with Crippen LogP contribution in [-0.4, -0.2) is 7.11 Å². The molecule has 0 aliphatic carbocycles. The van der Waals surface area contributed by atoms with Gasteiger partial charge in [0.25, 0.3) is 0 Å². The van der Waals surface area contributed by atoms with Crippen LogP contribution in [0.2, 0.25) is 0 Å². The number of hydrogen-bond donors (Lipinski definition) is 0. The molecule has 0 atom stereocenters. The van der Waals surface area contributed by atoms with E-state index in [9.17, 15) is 0 Å². The lowest BCUT2D eigenvalue weighted by Crippen LogP contribution is -1.96. The van der Waals surface area contributed by atoms with Crippen LogP contribution in [0.25, 0.3) is 0 Å². The standard InChI is InChI=1S/C11H13OP/c1-4-13(5-2)11-8-6-10(12-3)7-9-11/h4-9H,1-2H2,3H3. The second kappa shape index (κ2) is 4.84. The molecule has 0 saturated carbocycles. The minimum Gasteiger partial charge on any atom is -0.497 e. The van der Waals surface area contributed by atoms with Gasteiger partial charge in [0.15, 0.2) is 0 Å². The number of methoxy groups -OCH3 is 1. The minimum atomic E-state index is -0.397. The van der Waals surface area contributed by atoms with Crippen LogP contribution in [-0.2, 0) is 0 Å². The Morgan fingerprint density at radius 1 is 1.15 bits per heavy atom. The summed E-state index contributed by atoms with van der Waals surface area (Å²) in [5.41, 5.74) is 0. The van der Waals surface area contributed by atoms with Crippen molar-refractivity contribution in [2.24, 2.45) is 0 Å². The second-order valence-electron chi connectivity index (χ2n) is 2.47. The van der Waals surface area contributed by atoms with Crippen molar-refractivity contribution < 1.29 is 4.74 Å². The molecule has 0 aliphatic rings. The van der Waals surface area contributed by atoms with Crippen LogP contribution in [0.15, 0.2) is 49.1 Å². The molecule has 0 N–H and O–H groups in total. The Labute approximate surface area is 80.5 Å². The fourth-order valence-electron chi connectivity index (χ4n) is 1.04. The molecule has 0 bridgehead atoms. The summed E-state index contributed by atoms with van der Waals surface area (Å²) in [6.07, 6.45) is 0. The fourth-order valence-corrected chi connectivity index (χ4v) is 2.10. The van der Waals surface area contributed by atoms with Gasteiger partial charge in [0.05, 0.1) is 7.11 Å². The molecule has 68 valence electrons. The van der Waals surface area contributed by atoms with E-state index < -0.39 is 7.92 Å². The van der Waals surface area contributed by atoms with Gasteiger partial charge in [-0.15, -0.1) is 0 Å². The maximum atomic E-state index is 5.07. The molecule has 0 saturated heterocycles. The summed E-state index contributed by atoms with van der Waals surface area (Å²) in [7, 11) is 1.27. The van der Waals surface area contributed by atoms with Gasteiger partial charge in [-0.3, -0.25) is 0 Å². The first-order chi connectivity index (χ1) is 6.31. The van der Waals surface area contributed by atoms with Crippen molar-refractivity contribution in [1.82, 2.24) is 0 Å².